The molecule has 0 aliphatic carbocycles. The minimum absolute atomic E-state index is 0.212. The van der Waals surface area contributed by atoms with E-state index in [2.05, 4.69) is 10.1 Å². The molecule has 4 rings (SSSR count). The van der Waals surface area contributed by atoms with Crippen LogP contribution in [0.4, 0.5) is 8.78 Å². The van der Waals surface area contributed by atoms with Crippen molar-refractivity contribution in [1.82, 2.24) is 15.0 Å². The monoisotopic (exact) mass is 391 g/mol. The Balaban J connectivity index is 1.31. The molecule has 6 nitrogen and oxygen atoms in total. The van der Waals surface area contributed by atoms with Crippen molar-refractivity contribution in [2.24, 2.45) is 5.92 Å². The van der Waals surface area contributed by atoms with Crippen LogP contribution in [-0.2, 0) is 11.2 Å². The van der Waals surface area contributed by atoms with Crippen LogP contribution in [0, 0.1) is 17.6 Å². The highest BCUT2D eigenvalue weighted by atomic mass is 19.1. The standard InChI is InChI=1S/C20H23F2N3O3/c21-15-1-2-17(22)16(12-15)20(26)25-7-3-13(4-8-25)11-18-23-19(24-28-18)14-5-9-27-10-6-14/h1-2,12-14H,3-11H2. The van der Waals surface area contributed by atoms with Crippen LogP contribution in [0.1, 0.15) is 53.7 Å². The molecule has 2 aliphatic rings. The van der Waals surface area contributed by atoms with E-state index in [1.54, 1.807) is 4.90 Å². The fraction of sp³-hybridized carbons (Fsp3) is 0.550. The third-order valence-corrected chi connectivity index (χ3v) is 5.59. The van der Waals surface area contributed by atoms with Crippen LogP contribution >= 0.6 is 0 Å². The van der Waals surface area contributed by atoms with E-state index in [1.165, 1.54) is 0 Å². The fourth-order valence-electron chi connectivity index (χ4n) is 3.89. The molecule has 28 heavy (non-hydrogen) atoms. The molecular weight excluding hydrogens is 368 g/mol. The number of likely N-dealkylation sites (tertiary alicyclic amines) is 1. The first-order valence-electron chi connectivity index (χ1n) is 9.74. The second kappa shape index (κ2) is 8.34. The molecule has 0 bridgehead atoms. The Kier molecular flexibility index (Phi) is 5.66. The van der Waals surface area contributed by atoms with Gasteiger partial charge in [-0.2, -0.15) is 4.98 Å². The summed E-state index contributed by atoms with van der Waals surface area (Å²) >= 11 is 0. The zero-order chi connectivity index (χ0) is 19.5. The first kappa shape index (κ1) is 19.0. The van der Waals surface area contributed by atoms with Gasteiger partial charge in [0.1, 0.15) is 11.6 Å². The van der Waals surface area contributed by atoms with Crippen LogP contribution in [0.25, 0.3) is 0 Å². The fourth-order valence-corrected chi connectivity index (χ4v) is 3.89. The zero-order valence-electron chi connectivity index (χ0n) is 15.6. The van der Waals surface area contributed by atoms with Gasteiger partial charge in [0.2, 0.25) is 5.89 Å². The van der Waals surface area contributed by atoms with E-state index >= 15 is 0 Å². The minimum atomic E-state index is -0.694. The molecule has 2 aromatic rings. The lowest BCUT2D eigenvalue weighted by Crippen LogP contribution is -2.39. The summed E-state index contributed by atoms with van der Waals surface area (Å²) in [6, 6.07) is 2.96. The molecule has 2 aliphatic heterocycles. The highest BCUT2D eigenvalue weighted by Crippen LogP contribution is 2.27. The molecule has 8 heteroatoms. The zero-order valence-corrected chi connectivity index (χ0v) is 15.6. The minimum Gasteiger partial charge on any atom is -0.381 e. The molecule has 1 aromatic carbocycles. The third-order valence-electron chi connectivity index (χ3n) is 5.59. The van der Waals surface area contributed by atoms with Crippen molar-refractivity contribution < 1.29 is 22.8 Å². The molecule has 0 radical (unpaired) electrons. The first-order chi connectivity index (χ1) is 13.6. The van der Waals surface area contributed by atoms with E-state index < -0.39 is 17.5 Å². The molecule has 0 N–H and O–H groups in total. The number of halogens is 2. The number of rotatable bonds is 4. The van der Waals surface area contributed by atoms with Gasteiger partial charge in [0.05, 0.1) is 5.56 Å². The van der Waals surface area contributed by atoms with Crippen molar-refractivity contribution in [3.05, 3.63) is 47.1 Å². The van der Waals surface area contributed by atoms with Crippen LogP contribution < -0.4 is 0 Å². The molecule has 0 saturated carbocycles. The number of hydrogen-bond donors (Lipinski definition) is 0. The Morgan fingerprint density at radius 3 is 2.64 bits per heavy atom. The van der Waals surface area contributed by atoms with Crippen molar-refractivity contribution in [2.45, 2.75) is 38.0 Å². The van der Waals surface area contributed by atoms with Gasteiger partial charge >= 0.3 is 0 Å². The van der Waals surface area contributed by atoms with Crippen molar-refractivity contribution in [1.29, 1.82) is 0 Å². The summed E-state index contributed by atoms with van der Waals surface area (Å²) in [4.78, 5) is 18.6. The predicted molar refractivity (Wildman–Crippen MR) is 95.8 cm³/mol. The smallest absolute Gasteiger partial charge is 0.256 e. The first-order valence-corrected chi connectivity index (χ1v) is 9.74. The molecule has 1 amide bonds. The topological polar surface area (TPSA) is 68.5 Å². The van der Waals surface area contributed by atoms with E-state index in [0.717, 1.165) is 62.9 Å². The molecule has 0 atom stereocenters. The average Bonchev–Trinajstić information content (AvgIpc) is 3.19. The Morgan fingerprint density at radius 2 is 1.89 bits per heavy atom. The van der Waals surface area contributed by atoms with Crippen LogP contribution in [-0.4, -0.2) is 47.3 Å². The van der Waals surface area contributed by atoms with Crippen LogP contribution in [0.2, 0.25) is 0 Å². The van der Waals surface area contributed by atoms with Gasteiger partial charge in [0.25, 0.3) is 5.91 Å². The van der Waals surface area contributed by atoms with Crippen molar-refractivity contribution in [2.75, 3.05) is 26.3 Å². The number of amides is 1. The molecule has 2 saturated heterocycles. The SMILES string of the molecule is O=C(c1cc(F)ccc1F)N1CCC(Cc2nc(C3CCOCC3)no2)CC1. The summed E-state index contributed by atoms with van der Waals surface area (Å²) < 4.78 is 38.0. The lowest BCUT2D eigenvalue weighted by Gasteiger charge is -2.31. The number of nitrogens with zero attached hydrogens (tertiary/aromatic N) is 3. The van der Waals surface area contributed by atoms with Gasteiger partial charge in [0, 0.05) is 38.6 Å². The molecule has 3 heterocycles. The maximum atomic E-state index is 13.8. The Labute approximate surface area is 161 Å². The normalized spacial score (nSPS) is 19.1. The van der Waals surface area contributed by atoms with Gasteiger partial charge in [-0.25, -0.2) is 8.78 Å². The van der Waals surface area contributed by atoms with Crippen molar-refractivity contribution in [3.63, 3.8) is 0 Å². The number of hydrogen-bond acceptors (Lipinski definition) is 5. The lowest BCUT2D eigenvalue weighted by atomic mass is 9.93. The number of piperidine rings is 1. The molecule has 2 fully saturated rings. The third kappa shape index (κ3) is 4.22. The van der Waals surface area contributed by atoms with Gasteiger partial charge in [-0.3, -0.25) is 4.79 Å². The second-order valence-electron chi connectivity index (χ2n) is 7.50. The van der Waals surface area contributed by atoms with Crippen LogP contribution in [0.5, 0.6) is 0 Å². The van der Waals surface area contributed by atoms with Gasteiger partial charge in [-0.15, -0.1) is 0 Å². The molecule has 0 unspecified atom stereocenters. The van der Waals surface area contributed by atoms with Gasteiger partial charge < -0.3 is 14.2 Å². The highest BCUT2D eigenvalue weighted by molar-refractivity contribution is 5.94. The quantitative estimate of drug-likeness (QED) is 0.800. The number of aromatic nitrogens is 2. The highest BCUT2D eigenvalue weighted by Gasteiger charge is 2.28. The molecule has 1 aromatic heterocycles. The van der Waals surface area contributed by atoms with Crippen molar-refractivity contribution in [3.8, 4) is 0 Å². The van der Waals surface area contributed by atoms with Gasteiger partial charge in [-0.1, -0.05) is 5.16 Å². The average molecular weight is 391 g/mol. The largest absolute Gasteiger partial charge is 0.381 e. The number of benzene rings is 1. The summed E-state index contributed by atoms with van der Waals surface area (Å²) in [6.07, 6.45) is 4.02. The van der Waals surface area contributed by atoms with E-state index in [-0.39, 0.29) is 5.56 Å². The van der Waals surface area contributed by atoms with Crippen LogP contribution in [0.15, 0.2) is 22.7 Å². The summed E-state index contributed by atoms with van der Waals surface area (Å²) in [5.74, 6) is 0.234. The van der Waals surface area contributed by atoms with E-state index in [4.69, 9.17) is 9.26 Å². The Hall–Kier alpha value is -2.35. The molecular formula is C20H23F2N3O3. The van der Waals surface area contributed by atoms with Gasteiger partial charge in [0.15, 0.2) is 5.82 Å². The van der Waals surface area contributed by atoms with E-state index in [9.17, 15) is 13.6 Å². The molecule has 0 spiro atoms. The summed E-state index contributed by atoms with van der Waals surface area (Å²) in [5, 5.41) is 4.12. The van der Waals surface area contributed by atoms with Crippen LogP contribution in [0.3, 0.4) is 0 Å². The summed E-state index contributed by atoms with van der Waals surface area (Å²) in [6.45, 7) is 2.46. The second-order valence-corrected chi connectivity index (χ2v) is 7.50. The number of carbonyl (C=O) groups is 1. The maximum Gasteiger partial charge on any atom is 0.256 e. The van der Waals surface area contributed by atoms with Gasteiger partial charge in [-0.05, 0) is 49.8 Å². The predicted octanol–water partition coefficient (Wildman–Crippen LogP) is 3.34. The lowest BCUT2D eigenvalue weighted by molar-refractivity contribution is 0.0682. The number of carbonyl (C=O) groups excluding carboxylic acids is 1. The van der Waals surface area contributed by atoms with E-state index in [1.807, 2.05) is 0 Å². The Bertz CT molecular complexity index is 828. The molecule has 150 valence electrons. The maximum absolute atomic E-state index is 13.8. The number of ether oxygens (including phenoxy) is 1. The Morgan fingerprint density at radius 1 is 1.14 bits per heavy atom. The van der Waals surface area contributed by atoms with E-state index in [0.29, 0.717) is 37.2 Å². The summed E-state index contributed by atoms with van der Waals surface area (Å²) in [5.41, 5.74) is -0.212. The van der Waals surface area contributed by atoms with Crippen molar-refractivity contribution >= 4 is 5.91 Å². The summed E-state index contributed by atoms with van der Waals surface area (Å²) in [7, 11) is 0.